The molecule has 0 aliphatic rings. The van der Waals surface area contributed by atoms with Gasteiger partial charge in [0.2, 0.25) is 0 Å². The van der Waals surface area contributed by atoms with Gasteiger partial charge in [-0.3, -0.25) is 0 Å². The molecule has 0 aliphatic heterocycles. The third-order valence-corrected chi connectivity index (χ3v) is 5.19. The summed E-state index contributed by atoms with van der Waals surface area (Å²) in [7, 11) is 2.61. The summed E-state index contributed by atoms with van der Waals surface area (Å²) in [5.74, 6) is -1.18. The van der Waals surface area contributed by atoms with Crippen LogP contribution in [0.15, 0.2) is 48.5 Å². The molecule has 28 heavy (non-hydrogen) atoms. The first-order valence-electron chi connectivity index (χ1n) is 8.79. The van der Waals surface area contributed by atoms with Gasteiger partial charge in [0.25, 0.3) is 0 Å². The minimum atomic E-state index is -0.593. The summed E-state index contributed by atoms with van der Waals surface area (Å²) in [5, 5.41) is 3.29. The van der Waals surface area contributed by atoms with E-state index in [9.17, 15) is 9.59 Å². The molecule has 2 aromatic heterocycles. The number of carbonyl (C=O) groups excluding carboxylic acids is 2. The molecule has 0 bridgehead atoms. The standard InChI is InChI=1S/C22H16N2O4/c1-27-21(25)17-15-11-7-3-5-9-13(11)23-19(15)16-12-8-4-6-10-14(12)24-20(16)18(17)22(26)28-2/h3-10,23-24H,1-2H3. The summed E-state index contributed by atoms with van der Waals surface area (Å²) >= 11 is 0. The molecule has 0 atom stereocenters. The van der Waals surface area contributed by atoms with Crippen molar-refractivity contribution in [2.24, 2.45) is 0 Å². The fourth-order valence-electron chi connectivity index (χ4n) is 4.04. The Morgan fingerprint density at radius 2 is 1.18 bits per heavy atom. The van der Waals surface area contributed by atoms with E-state index in [1.54, 1.807) is 0 Å². The number of esters is 2. The second-order valence-corrected chi connectivity index (χ2v) is 6.57. The molecule has 6 heteroatoms. The fourth-order valence-corrected chi connectivity index (χ4v) is 4.04. The largest absolute Gasteiger partial charge is 0.465 e. The summed E-state index contributed by atoms with van der Waals surface area (Å²) < 4.78 is 10.1. The minimum absolute atomic E-state index is 0.179. The number of nitrogens with one attached hydrogen (secondary N) is 2. The number of methoxy groups -OCH3 is 2. The van der Waals surface area contributed by atoms with Crippen LogP contribution >= 0.6 is 0 Å². The Bertz CT molecular complexity index is 1420. The van der Waals surface area contributed by atoms with Gasteiger partial charge in [0.1, 0.15) is 0 Å². The van der Waals surface area contributed by atoms with Crippen molar-refractivity contribution in [2.75, 3.05) is 14.2 Å². The van der Waals surface area contributed by atoms with Crippen molar-refractivity contribution in [1.29, 1.82) is 0 Å². The molecular weight excluding hydrogens is 356 g/mol. The van der Waals surface area contributed by atoms with Crippen molar-refractivity contribution in [3.05, 3.63) is 59.7 Å². The summed E-state index contributed by atoms with van der Waals surface area (Å²) in [4.78, 5) is 32.3. The van der Waals surface area contributed by atoms with Crippen LogP contribution in [-0.4, -0.2) is 36.1 Å². The number of carbonyl (C=O) groups is 2. The summed E-state index contributed by atoms with van der Waals surface area (Å²) in [6.07, 6.45) is 0. The molecule has 0 amide bonds. The number of aromatic nitrogens is 2. The van der Waals surface area contributed by atoms with Crippen molar-refractivity contribution in [3.8, 4) is 0 Å². The van der Waals surface area contributed by atoms with Gasteiger partial charge in [0.05, 0.1) is 36.4 Å². The van der Waals surface area contributed by atoms with E-state index >= 15 is 0 Å². The number of hydrogen-bond donors (Lipinski definition) is 2. The highest BCUT2D eigenvalue weighted by molar-refractivity contribution is 6.33. The number of hydrogen-bond acceptors (Lipinski definition) is 4. The van der Waals surface area contributed by atoms with Gasteiger partial charge < -0.3 is 19.4 Å². The molecule has 138 valence electrons. The number of para-hydroxylation sites is 2. The van der Waals surface area contributed by atoms with Gasteiger partial charge in [-0.1, -0.05) is 36.4 Å². The molecule has 5 aromatic rings. The van der Waals surface area contributed by atoms with Crippen LogP contribution in [0, 0.1) is 0 Å². The quantitative estimate of drug-likeness (QED) is 0.446. The van der Waals surface area contributed by atoms with E-state index < -0.39 is 11.9 Å². The molecule has 3 aromatic carbocycles. The molecule has 0 unspecified atom stereocenters. The van der Waals surface area contributed by atoms with E-state index in [1.165, 1.54) is 14.2 Å². The van der Waals surface area contributed by atoms with E-state index in [0.717, 1.165) is 32.7 Å². The zero-order valence-electron chi connectivity index (χ0n) is 15.3. The highest BCUT2D eigenvalue weighted by atomic mass is 16.5. The first-order chi connectivity index (χ1) is 13.7. The van der Waals surface area contributed by atoms with E-state index in [4.69, 9.17) is 9.47 Å². The predicted octanol–water partition coefficient (Wildman–Crippen LogP) is 4.53. The number of fused-ring (bicyclic) bond motifs is 7. The maximum absolute atomic E-state index is 12.8. The lowest BCUT2D eigenvalue weighted by Gasteiger charge is -2.10. The molecule has 0 fully saturated rings. The van der Waals surface area contributed by atoms with Crippen LogP contribution in [-0.2, 0) is 9.47 Å². The number of benzene rings is 3. The normalized spacial score (nSPS) is 11.5. The molecule has 0 radical (unpaired) electrons. The lowest BCUT2D eigenvalue weighted by Crippen LogP contribution is -2.13. The van der Waals surface area contributed by atoms with Crippen LogP contribution < -0.4 is 0 Å². The first kappa shape index (κ1) is 16.4. The molecule has 0 saturated heterocycles. The SMILES string of the molecule is COC(=O)c1c(C(=O)OC)c2c3ccccc3[nH]c2c2c1[nH]c1ccccc12. The van der Waals surface area contributed by atoms with Crippen molar-refractivity contribution < 1.29 is 19.1 Å². The van der Waals surface area contributed by atoms with Gasteiger partial charge in [0.15, 0.2) is 0 Å². The average molecular weight is 372 g/mol. The highest BCUT2D eigenvalue weighted by Gasteiger charge is 2.29. The molecule has 0 spiro atoms. The van der Waals surface area contributed by atoms with E-state index in [-0.39, 0.29) is 11.1 Å². The molecule has 2 N–H and O–H groups in total. The maximum Gasteiger partial charge on any atom is 0.340 e. The van der Waals surface area contributed by atoms with Crippen LogP contribution in [0.5, 0.6) is 0 Å². The van der Waals surface area contributed by atoms with Crippen molar-refractivity contribution in [3.63, 3.8) is 0 Å². The molecule has 5 rings (SSSR count). The molecule has 0 saturated carbocycles. The van der Waals surface area contributed by atoms with Gasteiger partial charge in [-0.2, -0.15) is 0 Å². The lowest BCUT2D eigenvalue weighted by molar-refractivity contribution is 0.0559. The number of aromatic amines is 2. The number of rotatable bonds is 2. The number of ether oxygens (including phenoxy) is 2. The van der Waals surface area contributed by atoms with Crippen LogP contribution in [0.1, 0.15) is 20.7 Å². The molecule has 2 heterocycles. The van der Waals surface area contributed by atoms with E-state index in [1.807, 2.05) is 48.5 Å². The molecule has 0 aliphatic carbocycles. The monoisotopic (exact) mass is 372 g/mol. The summed E-state index contributed by atoms with van der Waals surface area (Å²) in [6, 6.07) is 15.4. The Morgan fingerprint density at radius 1 is 0.679 bits per heavy atom. The first-order valence-corrected chi connectivity index (χ1v) is 8.79. The van der Waals surface area contributed by atoms with Crippen molar-refractivity contribution >= 4 is 55.6 Å². The van der Waals surface area contributed by atoms with Gasteiger partial charge in [0, 0.05) is 32.6 Å². The fraction of sp³-hybridized carbons (Fsp3) is 0.0909. The Balaban J connectivity index is 2.17. The minimum Gasteiger partial charge on any atom is -0.465 e. The van der Waals surface area contributed by atoms with Crippen molar-refractivity contribution in [1.82, 2.24) is 9.97 Å². The Kier molecular flexibility index (Phi) is 3.42. The van der Waals surface area contributed by atoms with Crippen LogP contribution in [0.2, 0.25) is 0 Å². The summed E-state index contributed by atoms with van der Waals surface area (Å²) in [5.41, 5.74) is 3.44. The predicted molar refractivity (Wildman–Crippen MR) is 108 cm³/mol. The van der Waals surface area contributed by atoms with Crippen LogP contribution in [0.4, 0.5) is 0 Å². The highest BCUT2D eigenvalue weighted by Crippen LogP contribution is 2.40. The topological polar surface area (TPSA) is 84.2 Å². The van der Waals surface area contributed by atoms with Crippen LogP contribution in [0.3, 0.4) is 0 Å². The van der Waals surface area contributed by atoms with Gasteiger partial charge in [-0.25, -0.2) is 9.59 Å². The third kappa shape index (κ3) is 2.02. The summed E-state index contributed by atoms with van der Waals surface area (Å²) in [6.45, 7) is 0. The van der Waals surface area contributed by atoms with E-state index in [2.05, 4.69) is 9.97 Å². The Labute approximate surface area is 159 Å². The molecular formula is C22H16N2O4. The van der Waals surface area contributed by atoms with Crippen molar-refractivity contribution in [2.45, 2.75) is 0 Å². The zero-order valence-corrected chi connectivity index (χ0v) is 15.3. The Morgan fingerprint density at radius 3 is 1.79 bits per heavy atom. The Hall–Kier alpha value is -3.80. The second-order valence-electron chi connectivity index (χ2n) is 6.57. The maximum atomic E-state index is 12.8. The second kappa shape index (κ2) is 5.85. The third-order valence-electron chi connectivity index (χ3n) is 5.19. The zero-order chi connectivity index (χ0) is 19.4. The van der Waals surface area contributed by atoms with Gasteiger partial charge in [-0.05, 0) is 12.1 Å². The van der Waals surface area contributed by atoms with E-state index in [0.29, 0.717) is 10.9 Å². The number of H-pyrrole nitrogens is 2. The smallest absolute Gasteiger partial charge is 0.340 e. The lowest BCUT2D eigenvalue weighted by atomic mass is 9.96. The van der Waals surface area contributed by atoms with Gasteiger partial charge in [-0.15, -0.1) is 0 Å². The van der Waals surface area contributed by atoms with Crippen LogP contribution in [0.25, 0.3) is 43.6 Å². The van der Waals surface area contributed by atoms with Gasteiger partial charge >= 0.3 is 11.9 Å². The molecule has 6 nitrogen and oxygen atoms in total. The average Bonchev–Trinajstić information content (AvgIpc) is 3.30.